The Balaban J connectivity index is 2.73. The van der Waals surface area contributed by atoms with E-state index < -0.39 is 0 Å². The van der Waals surface area contributed by atoms with Crippen molar-refractivity contribution in [3.05, 3.63) is 27.0 Å². The Morgan fingerprint density at radius 3 is 2.44 bits per heavy atom. The summed E-state index contributed by atoms with van der Waals surface area (Å²) in [7, 11) is 0. The van der Waals surface area contributed by atoms with Crippen LogP contribution in [-0.2, 0) is 12.8 Å². The maximum Gasteiger partial charge on any atom is 0.121 e. The van der Waals surface area contributed by atoms with Gasteiger partial charge in [-0.3, -0.25) is 0 Å². The van der Waals surface area contributed by atoms with Gasteiger partial charge in [0.25, 0.3) is 0 Å². The first-order valence-electron chi connectivity index (χ1n) is 5.83. The summed E-state index contributed by atoms with van der Waals surface area (Å²) in [6, 6.07) is 2.25. The number of aromatic amines is 1. The molecule has 2 rings (SSSR count). The van der Waals surface area contributed by atoms with E-state index in [1.807, 2.05) is 0 Å². The zero-order valence-corrected chi connectivity index (χ0v) is 10.6. The van der Waals surface area contributed by atoms with Crippen LogP contribution in [0.4, 0.5) is 0 Å². The molecule has 0 fully saturated rings. The van der Waals surface area contributed by atoms with E-state index in [1.165, 1.54) is 29.7 Å². The van der Waals surface area contributed by atoms with Crippen LogP contribution in [0.2, 0.25) is 0 Å². The molecule has 0 spiro atoms. The maximum absolute atomic E-state index is 9.17. The predicted molar refractivity (Wildman–Crippen MR) is 67.1 cm³/mol. The number of fused-ring (bicyclic) bond motifs is 1. The van der Waals surface area contributed by atoms with Gasteiger partial charge >= 0.3 is 0 Å². The van der Waals surface area contributed by atoms with Crippen molar-refractivity contribution in [2.45, 2.75) is 45.4 Å². The van der Waals surface area contributed by atoms with E-state index in [0.717, 1.165) is 12.8 Å². The fraction of sp³-hybridized carbons (Fsp3) is 0.538. The molecule has 16 heavy (non-hydrogen) atoms. The Bertz CT molecular complexity index is 506. The van der Waals surface area contributed by atoms with Crippen LogP contribution in [0.25, 0.3) is 0 Å². The second-order valence-electron chi connectivity index (χ2n) is 4.67. The maximum atomic E-state index is 9.17. The minimum Gasteiger partial charge on any atom is -0.348 e. The minimum atomic E-state index is 0.446. The fourth-order valence-electron chi connectivity index (χ4n) is 2.49. The molecule has 2 nitrogen and oxygen atoms in total. The number of nitriles is 1. The highest BCUT2D eigenvalue weighted by atomic mass is 32.1. The summed E-state index contributed by atoms with van der Waals surface area (Å²) in [5.74, 6) is 0.446. The molecular formula is C13H16N2S. The number of H-pyrrole nitrogens is 1. The van der Waals surface area contributed by atoms with Crippen molar-refractivity contribution in [2.24, 2.45) is 0 Å². The third-order valence-electron chi connectivity index (χ3n) is 3.26. The van der Waals surface area contributed by atoms with E-state index in [9.17, 15) is 0 Å². The van der Waals surface area contributed by atoms with Gasteiger partial charge in [0.05, 0.1) is 5.56 Å². The molecule has 0 amide bonds. The highest BCUT2D eigenvalue weighted by Crippen LogP contribution is 2.30. The van der Waals surface area contributed by atoms with Crippen LogP contribution in [0.5, 0.6) is 0 Å². The average molecular weight is 232 g/mol. The van der Waals surface area contributed by atoms with E-state index in [1.54, 1.807) is 0 Å². The molecule has 1 heterocycles. The van der Waals surface area contributed by atoms with Gasteiger partial charge in [0.1, 0.15) is 10.7 Å². The number of pyridine rings is 1. The quantitative estimate of drug-likeness (QED) is 0.751. The molecule has 1 aromatic rings. The van der Waals surface area contributed by atoms with Crippen LogP contribution in [-0.4, -0.2) is 4.98 Å². The van der Waals surface area contributed by atoms with E-state index in [0.29, 0.717) is 16.1 Å². The van der Waals surface area contributed by atoms with Gasteiger partial charge < -0.3 is 4.98 Å². The van der Waals surface area contributed by atoms with Crippen LogP contribution in [0.1, 0.15) is 55.0 Å². The first-order chi connectivity index (χ1) is 7.65. The monoisotopic (exact) mass is 232 g/mol. The molecule has 1 aliphatic rings. The molecule has 0 unspecified atom stereocenters. The van der Waals surface area contributed by atoms with Gasteiger partial charge in [-0.2, -0.15) is 5.26 Å². The van der Waals surface area contributed by atoms with Crippen molar-refractivity contribution in [3.8, 4) is 6.07 Å². The lowest BCUT2D eigenvalue weighted by Crippen LogP contribution is -2.12. The van der Waals surface area contributed by atoms with Crippen LogP contribution in [0.3, 0.4) is 0 Å². The van der Waals surface area contributed by atoms with Crippen LogP contribution < -0.4 is 0 Å². The highest BCUT2D eigenvalue weighted by Gasteiger charge is 2.19. The molecule has 0 radical (unpaired) electrons. The van der Waals surface area contributed by atoms with Crippen molar-refractivity contribution in [3.63, 3.8) is 0 Å². The fourth-order valence-corrected chi connectivity index (χ4v) is 2.77. The van der Waals surface area contributed by atoms with Crippen molar-refractivity contribution >= 4 is 12.2 Å². The molecule has 1 N–H and O–H groups in total. The zero-order valence-electron chi connectivity index (χ0n) is 9.76. The normalized spacial score (nSPS) is 14.6. The SMILES string of the molecule is CC(C)c1[nH]c(=S)c(C#N)c2c1CCCC2. The molecule has 3 heteroatoms. The molecule has 0 bridgehead atoms. The molecule has 1 aliphatic carbocycles. The number of nitrogens with one attached hydrogen (secondary N) is 1. The van der Waals surface area contributed by atoms with Crippen molar-refractivity contribution in [2.75, 3.05) is 0 Å². The summed E-state index contributed by atoms with van der Waals surface area (Å²) in [5.41, 5.74) is 4.50. The van der Waals surface area contributed by atoms with Crippen molar-refractivity contribution < 1.29 is 0 Å². The summed E-state index contributed by atoms with van der Waals surface area (Å²) in [4.78, 5) is 3.25. The lowest BCUT2D eigenvalue weighted by Gasteiger charge is -2.22. The topological polar surface area (TPSA) is 39.6 Å². The molecule has 1 aromatic heterocycles. The van der Waals surface area contributed by atoms with Gasteiger partial charge in [-0.25, -0.2) is 0 Å². The lowest BCUT2D eigenvalue weighted by molar-refractivity contribution is 0.657. The third kappa shape index (κ3) is 1.78. The molecule has 0 aliphatic heterocycles. The second-order valence-corrected chi connectivity index (χ2v) is 5.08. The van der Waals surface area contributed by atoms with Gasteiger partial charge in [0, 0.05) is 5.69 Å². The van der Waals surface area contributed by atoms with Crippen molar-refractivity contribution in [1.82, 2.24) is 4.98 Å². The smallest absolute Gasteiger partial charge is 0.121 e. The largest absolute Gasteiger partial charge is 0.348 e. The lowest BCUT2D eigenvalue weighted by atomic mass is 9.86. The molecule has 84 valence electrons. The van der Waals surface area contributed by atoms with Crippen LogP contribution in [0.15, 0.2) is 0 Å². The van der Waals surface area contributed by atoms with Crippen LogP contribution in [0, 0.1) is 16.0 Å². The van der Waals surface area contributed by atoms with Gasteiger partial charge in [-0.1, -0.05) is 26.1 Å². The Labute approximate surface area is 101 Å². The molecule has 0 atom stereocenters. The van der Waals surface area contributed by atoms with E-state index in [2.05, 4.69) is 24.9 Å². The summed E-state index contributed by atoms with van der Waals surface area (Å²) in [6.45, 7) is 4.34. The summed E-state index contributed by atoms with van der Waals surface area (Å²) < 4.78 is 0.617. The highest BCUT2D eigenvalue weighted by molar-refractivity contribution is 7.71. The number of aromatic nitrogens is 1. The molecular weight excluding hydrogens is 216 g/mol. The van der Waals surface area contributed by atoms with Gasteiger partial charge in [0.15, 0.2) is 0 Å². The van der Waals surface area contributed by atoms with E-state index >= 15 is 0 Å². The number of nitrogens with zero attached hydrogens (tertiary/aromatic N) is 1. The Hall–Kier alpha value is -1.14. The van der Waals surface area contributed by atoms with Crippen molar-refractivity contribution in [1.29, 1.82) is 5.26 Å². The Kier molecular flexibility index (Phi) is 3.11. The zero-order chi connectivity index (χ0) is 11.7. The summed E-state index contributed by atoms with van der Waals surface area (Å²) >= 11 is 5.27. The summed E-state index contributed by atoms with van der Waals surface area (Å²) in [5, 5.41) is 9.17. The number of hydrogen-bond acceptors (Lipinski definition) is 2. The minimum absolute atomic E-state index is 0.446. The number of hydrogen-bond donors (Lipinski definition) is 1. The van der Waals surface area contributed by atoms with E-state index in [4.69, 9.17) is 17.5 Å². The summed E-state index contributed by atoms with van der Waals surface area (Å²) in [6.07, 6.45) is 4.50. The van der Waals surface area contributed by atoms with Gasteiger partial charge in [-0.05, 0) is 42.7 Å². The first-order valence-corrected chi connectivity index (χ1v) is 6.24. The molecule has 0 saturated carbocycles. The second kappa shape index (κ2) is 4.39. The van der Waals surface area contributed by atoms with E-state index in [-0.39, 0.29) is 0 Å². The molecule has 0 aromatic carbocycles. The van der Waals surface area contributed by atoms with Gasteiger partial charge in [-0.15, -0.1) is 0 Å². The first kappa shape index (κ1) is 11.3. The predicted octanol–water partition coefficient (Wildman–Crippen LogP) is 3.62. The standard InChI is InChI=1S/C13H16N2S/c1-8(2)12-10-6-4-3-5-9(10)11(7-14)13(16)15-12/h8H,3-6H2,1-2H3,(H,15,16). The third-order valence-corrected chi connectivity index (χ3v) is 3.57. The molecule has 0 saturated heterocycles. The average Bonchev–Trinajstić information content (AvgIpc) is 2.28. The Morgan fingerprint density at radius 2 is 1.88 bits per heavy atom. The van der Waals surface area contributed by atoms with Gasteiger partial charge in [0.2, 0.25) is 0 Å². The van der Waals surface area contributed by atoms with Crippen LogP contribution >= 0.6 is 12.2 Å². The number of rotatable bonds is 1. The Morgan fingerprint density at radius 1 is 1.25 bits per heavy atom.